The second kappa shape index (κ2) is 5.38. The number of dihydropyridines is 1. The van der Waals surface area contributed by atoms with Gasteiger partial charge in [-0.25, -0.2) is 9.59 Å². The third kappa shape index (κ3) is 2.90. The average Bonchev–Trinajstić information content (AvgIpc) is 2.30. The Hall–Kier alpha value is -2.26. The summed E-state index contributed by atoms with van der Waals surface area (Å²) in [5.74, 6) is 0. The number of aliphatic hydroxyl groups is 2. The van der Waals surface area contributed by atoms with Crippen LogP contribution in [0, 0.1) is 0 Å². The first-order valence-electron chi connectivity index (χ1n) is 4.86. The monoisotopic (exact) mass is 259 g/mol. The van der Waals surface area contributed by atoms with Crippen molar-refractivity contribution in [1.82, 2.24) is 16.0 Å². The quantitative estimate of drug-likeness (QED) is 0.327. The molecule has 7 N–H and O–H groups in total. The van der Waals surface area contributed by atoms with E-state index in [9.17, 15) is 14.7 Å². The maximum atomic E-state index is 10.7. The summed E-state index contributed by atoms with van der Waals surface area (Å²) in [6, 6.07) is 0. The third-order valence-corrected chi connectivity index (χ3v) is 2.25. The molecule has 1 unspecified atom stereocenters. The Balaban J connectivity index is 3.10. The molecule has 0 saturated carbocycles. The average molecular weight is 259 g/mol. The number of aliphatic hydroxyl groups excluding tert-OH is 2. The first kappa shape index (κ1) is 13.8. The molecule has 9 nitrogen and oxygen atoms in total. The summed E-state index contributed by atoms with van der Waals surface area (Å²) in [5, 5.41) is 42.1. The standard InChI is InChI=1S/C9H13N3O6/c13-3-5-1-2-6(10-7(15)16)9(4-14,11-5)12-8(17)18/h1-2,10-14H,3-4H2,(H,15,16)(H,17,18). The van der Waals surface area contributed by atoms with E-state index in [2.05, 4.69) is 5.32 Å². The summed E-state index contributed by atoms with van der Waals surface area (Å²) in [4.78, 5) is 21.3. The van der Waals surface area contributed by atoms with Crippen LogP contribution in [0.25, 0.3) is 0 Å². The highest BCUT2D eigenvalue weighted by molar-refractivity contribution is 5.71. The van der Waals surface area contributed by atoms with Gasteiger partial charge in [0.15, 0.2) is 5.66 Å². The Morgan fingerprint density at radius 3 is 2.33 bits per heavy atom. The lowest BCUT2D eigenvalue weighted by Crippen LogP contribution is -2.65. The largest absolute Gasteiger partial charge is 0.465 e. The van der Waals surface area contributed by atoms with Gasteiger partial charge in [0.25, 0.3) is 0 Å². The van der Waals surface area contributed by atoms with Gasteiger partial charge in [-0.3, -0.25) is 10.6 Å². The number of carbonyl (C=O) groups is 2. The molecular weight excluding hydrogens is 246 g/mol. The molecule has 1 aliphatic heterocycles. The first-order valence-corrected chi connectivity index (χ1v) is 4.86. The van der Waals surface area contributed by atoms with E-state index in [-0.39, 0.29) is 11.4 Å². The Morgan fingerprint density at radius 1 is 1.22 bits per heavy atom. The van der Waals surface area contributed by atoms with Crippen LogP contribution < -0.4 is 16.0 Å². The van der Waals surface area contributed by atoms with Crippen molar-refractivity contribution in [2.45, 2.75) is 5.66 Å². The molecule has 9 heteroatoms. The van der Waals surface area contributed by atoms with Gasteiger partial charge in [0.05, 0.1) is 18.9 Å². The van der Waals surface area contributed by atoms with Crippen LogP contribution in [0.1, 0.15) is 0 Å². The maximum absolute atomic E-state index is 10.7. The van der Waals surface area contributed by atoms with E-state index in [4.69, 9.17) is 15.3 Å². The number of hydrogen-bond acceptors (Lipinski definition) is 5. The van der Waals surface area contributed by atoms with Crippen LogP contribution in [-0.2, 0) is 0 Å². The van der Waals surface area contributed by atoms with Gasteiger partial charge in [-0.05, 0) is 12.2 Å². The molecule has 1 heterocycles. The van der Waals surface area contributed by atoms with Crippen molar-refractivity contribution in [2.75, 3.05) is 13.2 Å². The highest BCUT2D eigenvalue weighted by Crippen LogP contribution is 2.18. The van der Waals surface area contributed by atoms with Crippen LogP contribution in [0.4, 0.5) is 9.59 Å². The second-order valence-electron chi connectivity index (χ2n) is 3.48. The summed E-state index contributed by atoms with van der Waals surface area (Å²) in [7, 11) is 0. The molecule has 0 fully saturated rings. The van der Waals surface area contributed by atoms with E-state index in [1.807, 2.05) is 10.6 Å². The van der Waals surface area contributed by atoms with Gasteiger partial charge >= 0.3 is 12.2 Å². The van der Waals surface area contributed by atoms with Crippen molar-refractivity contribution in [1.29, 1.82) is 0 Å². The number of nitrogens with one attached hydrogen (secondary N) is 3. The molecule has 0 saturated heterocycles. The molecule has 0 aliphatic carbocycles. The fraction of sp³-hybridized carbons (Fsp3) is 0.333. The summed E-state index contributed by atoms with van der Waals surface area (Å²) >= 11 is 0. The molecule has 18 heavy (non-hydrogen) atoms. The fourth-order valence-electron chi connectivity index (χ4n) is 1.51. The minimum atomic E-state index is -1.74. The summed E-state index contributed by atoms with van der Waals surface area (Å²) < 4.78 is 0. The van der Waals surface area contributed by atoms with Gasteiger partial charge in [0.1, 0.15) is 0 Å². The fourth-order valence-corrected chi connectivity index (χ4v) is 1.51. The zero-order valence-electron chi connectivity index (χ0n) is 9.17. The first-order chi connectivity index (χ1) is 8.43. The Labute approximate surface area is 101 Å². The van der Waals surface area contributed by atoms with Crippen LogP contribution in [0.15, 0.2) is 23.5 Å². The van der Waals surface area contributed by atoms with Gasteiger partial charge in [-0.1, -0.05) is 0 Å². The molecular formula is C9H13N3O6. The summed E-state index contributed by atoms with van der Waals surface area (Å²) in [5.41, 5.74) is -1.61. The highest BCUT2D eigenvalue weighted by atomic mass is 16.4. The lowest BCUT2D eigenvalue weighted by atomic mass is 10.0. The second-order valence-corrected chi connectivity index (χ2v) is 3.48. The van der Waals surface area contributed by atoms with Crippen LogP contribution in [0.2, 0.25) is 0 Å². The van der Waals surface area contributed by atoms with Crippen molar-refractivity contribution in [3.63, 3.8) is 0 Å². The molecule has 0 spiro atoms. The minimum absolute atomic E-state index is 0.0999. The van der Waals surface area contributed by atoms with Crippen molar-refractivity contribution in [3.05, 3.63) is 23.5 Å². The number of rotatable bonds is 4. The van der Waals surface area contributed by atoms with Crippen LogP contribution in [0.3, 0.4) is 0 Å². The van der Waals surface area contributed by atoms with Gasteiger partial charge in [0, 0.05) is 5.70 Å². The molecule has 2 amide bonds. The van der Waals surface area contributed by atoms with Gasteiger partial charge < -0.3 is 25.7 Å². The van der Waals surface area contributed by atoms with Crippen LogP contribution in [0.5, 0.6) is 0 Å². The van der Waals surface area contributed by atoms with E-state index in [1.165, 1.54) is 12.2 Å². The molecule has 0 radical (unpaired) electrons. The normalized spacial score (nSPS) is 22.3. The Morgan fingerprint density at radius 2 is 1.89 bits per heavy atom. The van der Waals surface area contributed by atoms with E-state index in [1.54, 1.807) is 0 Å². The lowest BCUT2D eigenvalue weighted by molar-refractivity contribution is 0.131. The van der Waals surface area contributed by atoms with Crippen molar-refractivity contribution in [3.8, 4) is 0 Å². The van der Waals surface area contributed by atoms with Crippen LogP contribution in [-0.4, -0.2) is 51.5 Å². The molecule has 0 bridgehead atoms. The molecule has 1 rings (SSSR count). The van der Waals surface area contributed by atoms with E-state index < -0.39 is 31.1 Å². The van der Waals surface area contributed by atoms with Gasteiger partial charge in [0.2, 0.25) is 0 Å². The number of allylic oxidation sites excluding steroid dienone is 2. The van der Waals surface area contributed by atoms with Gasteiger partial charge in [-0.15, -0.1) is 0 Å². The number of hydrogen-bond donors (Lipinski definition) is 7. The van der Waals surface area contributed by atoms with Crippen molar-refractivity contribution < 1.29 is 30.0 Å². The van der Waals surface area contributed by atoms with E-state index in [0.717, 1.165) is 0 Å². The topological polar surface area (TPSA) is 151 Å². The molecule has 0 aromatic carbocycles. The van der Waals surface area contributed by atoms with Gasteiger partial charge in [-0.2, -0.15) is 0 Å². The molecule has 1 aliphatic rings. The smallest absolute Gasteiger partial charge is 0.409 e. The zero-order chi connectivity index (χ0) is 13.8. The third-order valence-electron chi connectivity index (χ3n) is 2.25. The molecule has 0 aromatic rings. The maximum Gasteiger partial charge on any atom is 0.409 e. The Kier molecular flexibility index (Phi) is 4.13. The van der Waals surface area contributed by atoms with E-state index >= 15 is 0 Å². The predicted molar refractivity (Wildman–Crippen MR) is 58.5 cm³/mol. The molecule has 100 valence electrons. The summed E-state index contributed by atoms with van der Waals surface area (Å²) in [6.07, 6.45) is -0.256. The van der Waals surface area contributed by atoms with Crippen molar-refractivity contribution in [2.24, 2.45) is 0 Å². The molecule has 1 atom stereocenters. The minimum Gasteiger partial charge on any atom is -0.465 e. The van der Waals surface area contributed by atoms with Crippen LogP contribution >= 0.6 is 0 Å². The molecule has 0 aromatic heterocycles. The number of carboxylic acid groups (broad SMARTS) is 2. The number of amides is 2. The lowest BCUT2D eigenvalue weighted by Gasteiger charge is -2.38. The van der Waals surface area contributed by atoms with Crippen molar-refractivity contribution >= 4 is 12.2 Å². The highest BCUT2D eigenvalue weighted by Gasteiger charge is 2.38. The Bertz CT molecular complexity index is 419. The zero-order valence-corrected chi connectivity index (χ0v) is 9.17. The predicted octanol–water partition coefficient (Wildman–Crippen LogP) is -1.43. The summed E-state index contributed by atoms with van der Waals surface area (Å²) in [6.45, 7) is -1.16. The van der Waals surface area contributed by atoms with E-state index in [0.29, 0.717) is 0 Å². The SMILES string of the molecule is O=C(O)NC1=CC=C(CO)NC1(CO)NC(=O)O.